The number of hydrogen-bond donors (Lipinski definition) is 1. The fourth-order valence-corrected chi connectivity index (χ4v) is 4.32. The lowest BCUT2D eigenvalue weighted by atomic mass is 10.0. The molecule has 130 valence electrons. The molecule has 0 aliphatic carbocycles. The zero-order valence-electron chi connectivity index (χ0n) is 14.2. The first-order chi connectivity index (χ1) is 12.6. The van der Waals surface area contributed by atoms with Crippen LogP contribution in [-0.4, -0.2) is 10.8 Å². The molecule has 2 heterocycles. The Hall–Kier alpha value is -2.79. The van der Waals surface area contributed by atoms with Crippen LogP contribution >= 0.6 is 11.8 Å². The fourth-order valence-electron chi connectivity index (χ4n) is 3.08. The Morgan fingerprint density at radius 2 is 1.85 bits per heavy atom. The molecule has 1 N–H and O–H groups in total. The van der Waals surface area contributed by atoms with Gasteiger partial charge in [0.1, 0.15) is 17.1 Å². The summed E-state index contributed by atoms with van der Waals surface area (Å²) in [6, 6.07) is 19.4. The van der Waals surface area contributed by atoms with Crippen molar-refractivity contribution in [3.05, 3.63) is 88.0 Å². The van der Waals surface area contributed by atoms with Gasteiger partial charge < -0.3 is 9.52 Å². The van der Waals surface area contributed by atoms with Crippen LogP contribution in [0.15, 0.2) is 79.8 Å². The molecule has 26 heavy (non-hydrogen) atoms. The summed E-state index contributed by atoms with van der Waals surface area (Å²) in [6.07, 6.45) is 0.519. The van der Waals surface area contributed by atoms with Crippen LogP contribution in [0.2, 0.25) is 0 Å². The van der Waals surface area contributed by atoms with Gasteiger partial charge in [-0.15, -0.1) is 11.8 Å². The molecular formula is C21H17NO3S. The van der Waals surface area contributed by atoms with Crippen LogP contribution in [0.5, 0.6) is 5.75 Å². The summed E-state index contributed by atoms with van der Waals surface area (Å²) in [5.74, 6) is 0.286. The number of thioether (sulfide) groups is 1. The zero-order valence-corrected chi connectivity index (χ0v) is 15.0. The maximum atomic E-state index is 12.4. The van der Waals surface area contributed by atoms with Crippen molar-refractivity contribution in [1.82, 2.24) is 0 Å². The predicted octanol–water partition coefficient (Wildman–Crippen LogP) is 5.01. The minimum absolute atomic E-state index is 0.0821. The van der Waals surface area contributed by atoms with Crippen LogP contribution < -0.4 is 5.63 Å². The summed E-state index contributed by atoms with van der Waals surface area (Å²) in [4.78, 5) is 18.2. The van der Waals surface area contributed by atoms with Gasteiger partial charge in [0, 0.05) is 22.6 Å². The maximum absolute atomic E-state index is 12.4. The fraction of sp³-hybridized carbons (Fsp3) is 0.143. The van der Waals surface area contributed by atoms with Crippen LogP contribution in [-0.2, 0) is 0 Å². The summed E-state index contributed by atoms with van der Waals surface area (Å²) in [7, 11) is 0. The SMILES string of the molecule is Cc1cc(O)c(C2=Nc3ccccc3S[C@@H](c3ccccc3)C2)c(=O)o1. The van der Waals surface area contributed by atoms with Crippen molar-refractivity contribution >= 4 is 23.2 Å². The van der Waals surface area contributed by atoms with E-state index in [0.717, 1.165) is 16.1 Å². The van der Waals surface area contributed by atoms with Crippen LogP contribution in [0.3, 0.4) is 0 Å². The van der Waals surface area contributed by atoms with Gasteiger partial charge in [0.15, 0.2) is 0 Å². The average Bonchev–Trinajstić information content (AvgIpc) is 2.81. The van der Waals surface area contributed by atoms with Gasteiger partial charge >= 0.3 is 5.63 Å². The van der Waals surface area contributed by atoms with E-state index in [1.165, 1.54) is 6.07 Å². The number of para-hydroxylation sites is 1. The second kappa shape index (κ2) is 6.84. The lowest BCUT2D eigenvalue weighted by Crippen LogP contribution is -2.16. The van der Waals surface area contributed by atoms with E-state index in [1.807, 2.05) is 42.5 Å². The van der Waals surface area contributed by atoms with E-state index in [2.05, 4.69) is 12.1 Å². The van der Waals surface area contributed by atoms with Crippen molar-refractivity contribution in [3.63, 3.8) is 0 Å². The van der Waals surface area contributed by atoms with Gasteiger partial charge in [0.25, 0.3) is 0 Å². The van der Waals surface area contributed by atoms with Crippen LogP contribution in [0.1, 0.15) is 28.6 Å². The third kappa shape index (κ3) is 3.18. The van der Waals surface area contributed by atoms with Crippen molar-refractivity contribution < 1.29 is 9.52 Å². The van der Waals surface area contributed by atoms with E-state index in [0.29, 0.717) is 17.9 Å². The second-order valence-electron chi connectivity index (χ2n) is 6.15. The number of aromatic hydroxyl groups is 1. The van der Waals surface area contributed by atoms with Gasteiger partial charge in [0.2, 0.25) is 0 Å². The van der Waals surface area contributed by atoms with Crippen molar-refractivity contribution in [2.24, 2.45) is 4.99 Å². The Bertz CT molecular complexity index is 1040. The van der Waals surface area contributed by atoms with E-state index in [4.69, 9.17) is 9.41 Å². The van der Waals surface area contributed by atoms with Gasteiger partial charge in [-0.3, -0.25) is 4.99 Å². The third-order valence-corrected chi connectivity index (χ3v) is 5.61. The summed E-state index contributed by atoms with van der Waals surface area (Å²) in [5.41, 5.74) is 2.08. The molecule has 5 heteroatoms. The smallest absolute Gasteiger partial charge is 0.348 e. The first kappa shape index (κ1) is 16.7. The number of hydrogen-bond acceptors (Lipinski definition) is 5. The highest BCUT2D eigenvalue weighted by Crippen LogP contribution is 2.45. The number of fused-ring (bicyclic) bond motifs is 1. The van der Waals surface area contributed by atoms with Gasteiger partial charge in [0.05, 0.1) is 11.4 Å². The summed E-state index contributed by atoms with van der Waals surface area (Å²) < 4.78 is 5.21. The van der Waals surface area contributed by atoms with E-state index in [1.54, 1.807) is 18.7 Å². The predicted molar refractivity (Wildman–Crippen MR) is 104 cm³/mol. The number of nitrogens with zero attached hydrogens (tertiary/aromatic N) is 1. The molecule has 0 saturated heterocycles. The van der Waals surface area contributed by atoms with E-state index in [-0.39, 0.29) is 16.6 Å². The monoisotopic (exact) mass is 363 g/mol. The molecule has 1 atom stereocenters. The quantitative estimate of drug-likeness (QED) is 0.695. The lowest BCUT2D eigenvalue weighted by Gasteiger charge is -2.16. The standard InChI is InChI=1S/C21H17NO3S/c1-13-11-17(23)20(21(24)25-13)16-12-19(14-7-3-2-4-8-14)26-18-10-6-5-9-15(18)22-16/h2-11,19,23H,12H2,1H3/t19-/m1/s1. The molecule has 4 nitrogen and oxygen atoms in total. The van der Waals surface area contributed by atoms with Crippen molar-refractivity contribution in [1.29, 1.82) is 0 Å². The van der Waals surface area contributed by atoms with Gasteiger partial charge in [-0.1, -0.05) is 42.5 Å². The molecule has 0 spiro atoms. The Morgan fingerprint density at radius 3 is 2.62 bits per heavy atom. The van der Waals surface area contributed by atoms with Crippen molar-refractivity contribution in [3.8, 4) is 5.75 Å². The number of aliphatic imine (C=N–C) groups is 1. The molecule has 4 rings (SSSR count). The molecule has 3 aromatic rings. The Kier molecular flexibility index (Phi) is 4.39. The molecule has 0 radical (unpaired) electrons. The van der Waals surface area contributed by atoms with E-state index in [9.17, 15) is 9.90 Å². The normalized spacial score (nSPS) is 16.5. The highest BCUT2D eigenvalue weighted by molar-refractivity contribution is 7.99. The maximum Gasteiger partial charge on any atom is 0.348 e. The molecule has 0 saturated carbocycles. The van der Waals surface area contributed by atoms with E-state index < -0.39 is 5.63 Å². The minimum Gasteiger partial charge on any atom is -0.507 e. The Labute approximate surface area is 155 Å². The molecule has 0 fully saturated rings. The van der Waals surface area contributed by atoms with Gasteiger partial charge in [-0.2, -0.15) is 0 Å². The van der Waals surface area contributed by atoms with Gasteiger partial charge in [-0.25, -0.2) is 4.79 Å². The molecule has 0 unspecified atom stereocenters. The van der Waals surface area contributed by atoms with Crippen LogP contribution in [0.4, 0.5) is 5.69 Å². The molecule has 1 aromatic heterocycles. The number of benzene rings is 2. The number of rotatable bonds is 2. The topological polar surface area (TPSA) is 62.8 Å². The summed E-state index contributed by atoms with van der Waals surface area (Å²) in [6.45, 7) is 1.64. The third-order valence-electron chi connectivity index (χ3n) is 4.28. The second-order valence-corrected chi connectivity index (χ2v) is 7.40. The van der Waals surface area contributed by atoms with E-state index >= 15 is 0 Å². The highest BCUT2D eigenvalue weighted by Gasteiger charge is 2.26. The first-order valence-corrected chi connectivity index (χ1v) is 9.22. The van der Waals surface area contributed by atoms with Crippen molar-refractivity contribution in [2.45, 2.75) is 23.5 Å². The lowest BCUT2D eigenvalue weighted by molar-refractivity contribution is 0.432. The highest BCUT2D eigenvalue weighted by atomic mass is 32.2. The average molecular weight is 363 g/mol. The Morgan fingerprint density at radius 1 is 1.12 bits per heavy atom. The summed E-state index contributed by atoms with van der Waals surface area (Å²) >= 11 is 1.72. The zero-order chi connectivity index (χ0) is 18.1. The summed E-state index contributed by atoms with van der Waals surface area (Å²) in [5, 5.41) is 10.5. The molecule has 1 aliphatic heterocycles. The minimum atomic E-state index is -0.558. The number of aryl methyl sites for hydroxylation is 1. The molecule has 0 amide bonds. The molecule has 1 aliphatic rings. The molecule has 0 bridgehead atoms. The van der Waals surface area contributed by atoms with Crippen molar-refractivity contribution in [2.75, 3.05) is 0 Å². The molecular weight excluding hydrogens is 346 g/mol. The Balaban J connectivity index is 1.88. The first-order valence-electron chi connectivity index (χ1n) is 8.34. The molecule has 2 aromatic carbocycles. The van der Waals surface area contributed by atoms with Crippen LogP contribution in [0, 0.1) is 6.92 Å². The largest absolute Gasteiger partial charge is 0.507 e. The van der Waals surface area contributed by atoms with Gasteiger partial charge in [-0.05, 0) is 24.6 Å². The van der Waals surface area contributed by atoms with Crippen LogP contribution in [0.25, 0.3) is 0 Å².